The van der Waals surface area contributed by atoms with Gasteiger partial charge in [-0.25, -0.2) is 4.79 Å². The largest absolute Gasteiger partial charge is 0.444 e. The van der Waals surface area contributed by atoms with Crippen LogP contribution in [0.5, 0.6) is 0 Å². The number of benzene rings is 1. The van der Waals surface area contributed by atoms with Crippen molar-refractivity contribution in [1.29, 1.82) is 5.26 Å². The molecule has 1 aromatic rings. The van der Waals surface area contributed by atoms with Gasteiger partial charge in [-0.1, -0.05) is 23.7 Å². The first-order valence-corrected chi connectivity index (χ1v) is 8.20. The quantitative estimate of drug-likeness (QED) is 0.762. The highest BCUT2D eigenvalue weighted by Crippen LogP contribution is 2.36. The van der Waals surface area contributed by atoms with Gasteiger partial charge in [-0.15, -0.1) is 0 Å². The van der Waals surface area contributed by atoms with Gasteiger partial charge < -0.3 is 9.64 Å². The van der Waals surface area contributed by atoms with E-state index in [4.69, 9.17) is 16.3 Å². The normalized spacial score (nSPS) is 17.5. The van der Waals surface area contributed by atoms with Crippen molar-refractivity contribution in [2.75, 3.05) is 13.1 Å². The molecule has 0 aromatic heterocycles. The lowest BCUT2D eigenvalue weighted by Crippen LogP contribution is -2.46. The number of carbonyl (C=O) groups is 1. The number of nitriles is 1. The van der Waals surface area contributed by atoms with Crippen molar-refractivity contribution in [3.8, 4) is 6.07 Å². The van der Waals surface area contributed by atoms with Crippen LogP contribution in [0.3, 0.4) is 0 Å². The molecule has 1 heterocycles. The minimum Gasteiger partial charge on any atom is -0.444 e. The van der Waals surface area contributed by atoms with Crippen LogP contribution in [0.4, 0.5) is 4.79 Å². The Kier molecular flexibility index (Phi) is 4.91. The highest BCUT2D eigenvalue weighted by atomic mass is 35.5. The predicted molar refractivity (Wildman–Crippen MR) is 90.5 cm³/mol. The van der Waals surface area contributed by atoms with Crippen molar-refractivity contribution < 1.29 is 9.53 Å². The molecule has 0 radical (unpaired) electrons. The summed E-state index contributed by atoms with van der Waals surface area (Å²) < 4.78 is 5.41. The third kappa shape index (κ3) is 3.97. The van der Waals surface area contributed by atoms with Gasteiger partial charge in [0.05, 0.1) is 11.5 Å². The van der Waals surface area contributed by atoms with Gasteiger partial charge in [0, 0.05) is 18.1 Å². The topological polar surface area (TPSA) is 53.3 Å². The number of likely N-dealkylation sites (tertiary alicyclic amines) is 1. The van der Waals surface area contributed by atoms with E-state index in [0.29, 0.717) is 31.0 Å². The summed E-state index contributed by atoms with van der Waals surface area (Å²) in [6, 6.07) is 8.20. The molecule has 0 bridgehead atoms. The lowest BCUT2D eigenvalue weighted by molar-refractivity contribution is 0.0185. The first-order valence-electron chi connectivity index (χ1n) is 7.83. The summed E-state index contributed by atoms with van der Waals surface area (Å²) in [5.41, 5.74) is 0.876. The van der Waals surface area contributed by atoms with Crippen LogP contribution in [0.15, 0.2) is 18.2 Å². The Hall–Kier alpha value is -1.73. The molecule has 4 nitrogen and oxygen atoms in total. The van der Waals surface area contributed by atoms with Crippen LogP contribution in [-0.4, -0.2) is 29.7 Å². The number of hydrogen-bond acceptors (Lipinski definition) is 3. The third-order valence-corrected chi connectivity index (χ3v) is 4.62. The molecule has 124 valence electrons. The number of ether oxygens (including phenoxy) is 1. The summed E-state index contributed by atoms with van der Waals surface area (Å²) >= 11 is 6.08. The van der Waals surface area contributed by atoms with Crippen molar-refractivity contribution in [1.82, 2.24) is 4.90 Å². The number of carbonyl (C=O) groups excluding carboxylic acids is 1. The van der Waals surface area contributed by atoms with E-state index in [2.05, 4.69) is 6.07 Å². The van der Waals surface area contributed by atoms with Gasteiger partial charge in [0.15, 0.2) is 0 Å². The number of halogens is 1. The SMILES string of the molecule is Cc1cc(C2(C#N)CCN(C(=O)OC(C)(C)C)CC2)ccc1Cl. The molecule has 0 saturated carbocycles. The molecule has 2 rings (SSSR count). The maximum absolute atomic E-state index is 12.2. The van der Waals surface area contributed by atoms with Crippen molar-refractivity contribution >= 4 is 17.7 Å². The molecule has 0 spiro atoms. The standard InChI is InChI=1S/C18H23ClN2O2/c1-13-11-14(5-6-15(13)19)18(12-20)7-9-21(10-8-18)16(22)23-17(2,3)4/h5-6,11H,7-10H2,1-4H3. The molecular formula is C18H23ClN2O2. The Morgan fingerprint density at radius 1 is 1.35 bits per heavy atom. The molecule has 0 atom stereocenters. The second kappa shape index (κ2) is 6.41. The zero-order chi connectivity index (χ0) is 17.3. The Bertz CT molecular complexity index is 635. The molecule has 5 heteroatoms. The van der Waals surface area contributed by atoms with Gasteiger partial charge in [-0.2, -0.15) is 5.26 Å². The fourth-order valence-electron chi connectivity index (χ4n) is 2.80. The molecule has 1 saturated heterocycles. The second-order valence-electron chi connectivity index (χ2n) is 7.13. The smallest absolute Gasteiger partial charge is 0.410 e. The van der Waals surface area contributed by atoms with Crippen molar-refractivity contribution in [2.45, 2.75) is 51.6 Å². The first-order chi connectivity index (χ1) is 10.7. The predicted octanol–water partition coefficient (Wildman–Crippen LogP) is 4.44. The van der Waals surface area contributed by atoms with E-state index in [1.165, 1.54) is 0 Å². The van der Waals surface area contributed by atoms with Crippen LogP contribution in [0.1, 0.15) is 44.7 Å². The van der Waals surface area contributed by atoms with Crippen molar-refractivity contribution in [3.05, 3.63) is 34.3 Å². The van der Waals surface area contributed by atoms with E-state index in [1.807, 2.05) is 45.9 Å². The van der Waals surface area contributed by atoms with E-state index in [-0.39, 0.29) is 6.09 Å². The monoisotopic (exact) mass is 334 g/mol. The van der Waals surface area contributed by atoms with Crippen LogP contribution in [0, 0.1) is 18.3 Å². The maximum atomic E-state index is 12.2. The van der Waals surface area contributed by atoms with Gasteiger partial charge in [0.1, 0.15) is 5.60 Å². The molecule has 0 unspecified atom stereocenters. The van der Waals surface area contributed by atoms with Gasteiger partial charge in [0.2, 0.25) is 0 Å². The maximum Gasteiger partial charge on any atom is 0.410 e. The van der Waals surface area contributed by atoms with E-state index in [0.717, 1.165) is 11.1 Å². The third-order valence-electron chi connectivity index (χ3n) is 4.19. The number of aryl methyl sites for hydroxylation is 1. The number of rotatable bonds is 1. The second-order valence-corrected chi connectivity index (χ2v) is 7.53. The lowest BCUT2D eigenvalue weighted by Gasteiger charge is -2.38. The minimum absolute atomic E-state index is 0.309. The highest BCUT2D eigenvalue weighted by molar-refractivity contribution is 6.31. The summed E-state index contributed by atoms with van der Waals surface area (Å²) in [5.74, 6) is 0. The number of hydrogen-bond donors (Lipinski definition) is 0. The first kappa shape index (κ1) is 17.6. The lowest BCUT2D eigenvalue weighted by atomic mass is 9.74. The van der Waals surface area contributed by atoms with Gasteiger partial charge in [0.25, 0.3) is 0 Å². The Morgan fingerprint density at radius 2 is 1.96 bits per heavy atom. The highest BCUT2D eigenvalue weighted by Gasteiger charge is 2.38. The summed E-state index contributed by atoms with van der Waals surface area (Å²) in [5, 5.41) is 10.5. The summed E-state index contributed by atoms with van der Waals surface area (Å²) in [7, 11) is 0. The summed E-state index contributed by atoms with van der Waals surface area (Å²) in [4.78, 5) is 13.8. The zero-order valence-corrected chi connectivity index (χ0v) is 14.9. The molecule has 1 aromatic carbocycles. The summed E-state index contributed by atoms with van der Waals surface area (Å²) in [6.45, 7) is 8.53. The zero-order valence-electron chi connectivity index (χ0n) is 14.1. The number of amides is 1. The molecule has 1 aliphatic heterocycles. The van der Waals surface area contributed by atoms with E-state index in [1.54, 1.807) is 4.90 Å². The molecule has 0 aliphatic carbocycles. The molecule has 1 fully saturated rings. The average molecular weight is 335 g/mol. The van der Waals surface area contributed by atoms with Gasteiger partial charge in [-0.3, -0.25) is 0 Å². The van der Waals surface area contributed by atoms with E-state index < -0.39 is 11.0 Å². The van der Waals surface area contributed by atoms with E-state index >= 15 is 0 Å². The molecule has 1 amide bonds. The molecular weight excluding hydrogens is 312 g/mol. The van der Waals surface area contributed by atoms with Crippen LogP contribution in [-0.2, 0) is 10.2 Å². The average Bonchev–Trinajstić information content (AvgIpc) is 2.48. The van der Waals surface area contributed by atoms with Crippen molar-refractivity contribution in [3.63, 3.8) is 0 Å². The summed E-state index contributed by atoms with van der Waals surface area (Å²) in [6.07, 6.45) is 0.893. The van der Waals surface area contributed by atoms with Crippen molar-refractivity contribution in [2.24, 2.45) is 0 Å². The van der Waals surface area contributed by atoms with E-state index in [9.17, 15) is 10.1 Å². The Labute approximate surface area is 143 Å². The van der Waals surface area contributed by atoms with Gasteiger partial charge in [-0.05, 0) is 57.7 Å². The van der Waals surface area contributed by atoms with Gasteiger partial charge >= 0.3 is 6.09 Å². The Balaban J connectivity index is 2.12. The van der Waals surface area contributed by atoms with Crippen LogP contribution < -0.4 is 0 Å². The number of nitrogens with zero attached hydrogens (tertiary/aromatic N) is 2. The van der Waals surface area contributed by atoms with Crippen LogP contribution >= 0.6 is 11.6 Å². The molecule has 1 aliphatic rings. The number of piperidine rings is 1. The minimum atomic E-state index is -0.562. The Morgan fingerprint density at radius 3 is 2.43 bits per heavy atom. The fourth-order valence-corrected chi connectivity index (χ4v) is 2.92. The molecule has 0 N–H and O–H groups in total. The van der Waals surface area contributed by atoms with Crippen LogP contribution in [0.2, 0.25) is 5.02 Å². The molecule has 23 heavy (non-hydrogen) atoms. The van der Waals surface area contributed by atoms with Crippen LogP contribution in [0.25, 0.3) is 0 Å². The fraction of sp³-hybridized carbons (Fsp3) is 0.556.